The normalized spacial score (nSPS) is 17.1. The fourth-order valence-corrected chi connectivity index (χ4v) is 2.54. The van der Waals surface area contributed by atoms with Gasteiger partial charge in [0.2, 0.25) is 0 Å². The lowest BCUT2D eigenvalue weighted by Crippen LogP contribution is -2.44. The van der Waals surface area contributed by atoms with Gasteiger partial charge in [0, 0.05) is 16.7 Å². The van der Waals surface area contributed by atoms with Crippen LogP contribution in [0.4, 0.5) is 5.69 Å². The topological polar surface area (TPSA) is 38.3 Å². The third-order valence-electron chi connectivity index (χ3n) is 3.38. The zero-order valence-electron chi connectivity index (χ0n) is 9.83. The first kappa shape index (κ1) is 12.4. The second-order valence-corrected chi connectivity index (χ2v) is 5.41. The van der Waals surface area contributed by atoms with Crippen molar-refractivity contribution < 1.29 is 9.53 Å². The molecule has 1 aromatic carbocycles. The lowest BCUT2D eigenvalue weighted by molar-refractivity contribution is -0.157. The summed E-state index contributed by atoms with van der Waals surface area (Å²) in [6.45, 7) is 0.649. The number of hydrogen-bond donors (Lipinski definition) is 1. The number of halogens is 1. The molecule has 2 rings (SSSR count). The van der Waals surface area contributed by atoms with E-state index < -0.39 is 0 Å². The number of nitrogens with one attached hydrogen (secondary N) is 1. The van der Waals surface area contributed by atoms with Gasteiger partial charge in [-0.15, -0.1) is 0 Å². The van der Waals surface area contributed by atoms with Gasteiger partial charge in [-0.25, -0.2) is 0 Å². The summed E-state index contributed by atoms with van der Waals surface area (Å²) in [5.74, 6) is -0.0914. The lowest BCUT2D eigenvalue weighted by Gasteiger charge is -2.39. The molecule has 0 atom stereocenters. The fraction of sp³-hybridized carbons (Fsp3) is 0.462. The summed E-state index contributed by atoms with van der Waals surface area (Å²) in [7, 11) is 1.46. The van der Waals surface area contributed by atoms with Crippen LogP contribution in [0.15, 0.2) is 28.7 Å². The van der Waals surface area contributed by atoms with Crippen LogP contribution in [-0.4, -0.2) is 19.6 Å². The highest BCUT2D eigenvalue weighted by Gasteiger charge is 2.45. The SMILES string of the molecule is COC(=O)C1(CNc2cccc(Br)c2)CCC1. The van der Waals surface area contributed by atoms with Crippen molar-refractivity contribution in [3.63, 3.8) is 0 Å². The first-order chi connectivity index (χ1) is 8.16. The summed E-state index contributed by atoms with van der Waals surface area (Å²) in [6, 6.07) is 7.95. The number of carbonyl (C=O) groups excluding carboxylic acids is 1. The van der Waals surface area contributed by atoms with Crippen LogP contribution >= 0.6 is 15.9 Å². The molecule has 0 heterocycles. The average Bonchev–Trinajstić information content (AvgIpc) is 2.27. The molecule has 1 saturated carbocycles. The minimum absolute atomic E-state index is 0.0914. The first-order valence-electron chi connectivity index (χ1n) is 5.74. The Balaban J connectivity index is 1.99. The van der Waals surface area contributed by atoms with Gasteiger partial charge >= 0.3 is 5.97 Å². The van der Waals surface area contributed by atoms with Gasteiger partial charge in [-0.05, 0) is 31.0 Å². The Bertz CT molecular complexity index is 416. The van der Waals surface area contributed by atoms with Crippen molar-refractivity contribution in [1.29, 1.82) is 0 Å². The van der Waals surface area contributed by atoms with Crippen LogP contribution in [-0.2, 0) is 9.53 Å². The van der Waals surface area contributed by atoms with Crippen LogP contribution in [0.25, 0.3) is 0 Å². The number of carbonyl (C=O) groups is 1. The molecule has 3 nitrogen and oxygen atoms in total. The molecule has 1 N–H and O–H groups in total. The number of benzene rings is 1. The van der Waals surface area contributed by atoms with Crippen molar-refractivity contribution >= 4 is 27.6 Å². The van der Waals surface area contributed by atoms with Crippen molar-refractivity contribution in [1.82, 2.24) is 0 Å². The van der Waals surface area contributed by atoms with E-state index in [1.807, 2.05) is 24.3 Å². The van der Waals surface area contributed by atoms with Crippen LogP contribution in [0.2, 0.25) is 0 Å². The van der Waals surface area contributed by atoms with Crippen molar-refractivity contribution in [2.75, 3.05) is 19.0 Å². The standard InChI is InChI=1S/C13H16BrNO2/c1-17-12(16)13(6-3-7-13)9-15-11-5-2-4-10(14)8-11/h2,4-5,8,15H,3,6-7,9H2,1H3. The first-order valence-corrected chi connectivity index (χ1v) is 6.53. The molecule has 0 spiro atoms. The van der Waals surface area contributed by atoms with Crippen LogP contribution < -0.4 is 5.32 Å². The summed E-state index contributed by atoms with van der Waals surface area (Å²) in [4.78, 5) is 11.7. The van der Waals surface area contributed by atoms with Gasteiger partial charge in [0.1, 0.15) is 0 Å². The second kappa shape index (κ2) is 5.08. The minimum Gasteiger partial charge on any atom is -0.469 e. The van der Waals surface area contributed by atoms with Crippen LogP contribution in [0.5, 0.6) is 0 Å². The summed E-state index contributed by atoms with van der Waals surface area (Å²) >= 11 is 3.42. The molecular weight excluding hydrogens is 282 g/mol. The number of ether oxygens (including phenoxy) is 1. The molecule has 1 aliphatic rings. The molecule has 1 aromatic rings. The van der Waals surface area contributed by atoms with Crippen molar-refractivity contribution in [3.05, 3.63) is 28.7 Å². The molecule has 0 unspecified atom stereocenters. The summed E-state index contributed by atoms with van der Waals surface area (Å²) in [6.07, 6.45) is 2.94. The molecule has 0 bridgehead atoms. The van der Waals surface area contributed by atoms with Crippen molar-refractivity contribution in [2.45, 2.75) is 19.3 Å². The number of hydrogen-bond acceptors (Lipinski definition) is 3. The Kier molecular flexibility index (Phi) is 3.72. The quantitative estimate of drug-likeness (QED) is 0.868. The molecular formula is C13H16BrNO2. The Morgan fingerprint density at radius 2 is 2.29 bits per heavy atom. The summed E-state index contributed by atoms with van der Waals surface area (Å²) in [5, 5.41) is 3.31. The molecule has 0 aromatic heterocycles. The molecule has 0 amide bonds. The predicted octanol–water partition coefficient (Wildman–Crippen LogP) is 3.20. The molecule has 0 saturated heterocycles. The van der Waals surface area contributed by atoms with E-state index in [0.29, 0.717) is 6.54 Å². The number of rotatable bonds is 4. The number of esters is 1. The largest absolute Gasteiger partial charge is 0.469 e. The third-order valence-corrected chi connectivity index (χ3v) is 3.88. The van der Waals surface area contributed by atoms with Gasteiger partial charge in [-0.1, -0.05) is 28.4 Å². The molecule has 92 valence electrons. The van der Waals surface area contributed by atoms with E-state index in [1.54, 1.807) is 0 Å². The molecule has 0 radical (unpaired) electrons. The van der Waals surface area contributed by atoms with E-state index in [2.05, 4.69) is 21.2 Å². The van der Waals surface area contributed by atoms with Crippen molar-refractivity contribution in [3.8, 4) is 0 Å². The van der Waals surface area contributed by atoms with Gasteiger partial charge in [0.05, 0.1) is 12.5 Å². The Morgan fingerprint density at radius 1 is 1.53 bits per heavy atom. The Labute approximate surface area is 110 Å². The molecule has 1 fully saturated rings. The summed E-state index contributed by atoms with van der Waals surface area (Å²) < 4.78 is 5.91. The molecule has 0 aliphatic heterocycles. The average molecular weight is 298 g/mol. The van der Waals surface area contributed by atoms with Gasteiger partial charge in [0.25, 0.3) is 0 Å². The van der Waals surface area contributed by atoms with Crippen LogP contribution in [0.3, 0.4) is 0 Å². The van der Waals surface area contributed by atoms with Gasteiger partial charge in [-0.2, -0.15) is 0 Å². The van der Waals surface area contributed by atoms with Gasteiger partial charge in [0.15, 0.2) is 0 Å². The number of anilines is 1. The molecule has 1 aliphatic carbocycles. The molecule has 4 heteroatoms. The minimum atomic E-state index is -0.308. The van der Waals surface area contributed by atoms with E-state index in [-0.39, 0.29) is 11.4 Å². The summed E-state index contributed by atoms with van der Waals surface area (Å²) in [5.41, 5.74) is 0.714. The lowest BCUT2D eigenvalue weighted by atomic mass is 9.68. The van der Waals surface area contributed by atoms with Crippen LogP contribution in [0, 0.1) is 5.41 Å². The highest BCUT2D eigenvalue weighted by molar-refractivity contribution is 9.10. The third kappa shape index (κ3) is 2.63. The zero-order chi connectivity index (χ0) is 12.3. The number of methoxy groups -OCH3 is 1. The smallest absolute Gasteiger partial charge is 0.313 e. The van der Waals surface area contributed by atoms with Crippen molar-refractivity contribution in [2.24, 2.45) is 5.41 Å². The van der Waals surface area contributed by atoms with Gasteiger partial charge < -0.3 is 10.1 Å². The van der Waals surface area contributed by atoms with E-state index >= 15 is 0 Å². The monoisotopic (exact) mass is 297 g/mol. The highest BCUT2D eigenvalue weighted by atomic mass is 79.9. The van der Waals surface area contributed by atoms with Gasteiger partial charge in [-0.3, -0.25) is 4.79 Å². The van der Waals surface area contributed by atoms with E-state index in [1.165, 1.54) is 7.11 Å². The Hall–Kier alpha value is -1.03. The van der Waals surface area contributed by atoms with E-state index in [4.69, 9.17) is 4.74 Å². The van der Waals surface area contributed by atoms with E-state index in [0.717, 1.165) is 29.4 Å². The zero-order valence-corrected chi connectivity index (χ0v) is 11.4. The highest BCUT2D eigenvalue weighted by Crippen LogP contribution is 2.42. The van der Waals surface area contributed by atoms with Crippen LogP contribution in [0.1, 0.15) is 19.3 Å². The molecule has 17 heavy (non-hydrogen) atoms. The maximum Gasteiger partial charge on any atom is 0.313 e. The Morgan fingerprint density at radius 3 is 2.82 bits per heavy atom. The second-order valence-electron chi connectivity index (χ2n) is 4.49. The van der Waals surface area contributed by atoms with E-state index in [9.17, 15) is 4.79 Å². The maximum atomic E-state index is 11.7. The predicted molar refractivity (Wildman–Crippen MR) is 70.9 cm³/mol. The maximum absolute atomic E-state index is 11.7. The fourth-order valence-electron chi connectivity index (χ4n) is 2.14.